The smallest absolute Gasteiger partial charge is 0.153 e. The summed E-state index contributed by atoms with van der Waals surface area (Å²) in [5.41, 5.74) is -0.147. The molecule has 0 amide bonds. The van der Waals surface area contributed by atoms with Gasteiger partial charge in [0.05, 0.1) is 5.54 Å². The Kier molecular flexibility index (Phi) is 5.64. The Hall–Kier alpha value is -0.370. The van der Waals surface area contributed by atoms with Crippen molar-refractivity contribution in [3.63, 3.8) is 0 Å². The Morgan fingerprint density at radius 2 is 2.06 bits per heavy atom. The third-order valence-electron chi connectivity index (χ3n) is 4.36. The van der Waals surface area contributed by atoms with Gasteiger partial charge in [-0.15, -0.1) is 0 Å². The molecule has 1 saturated carbocycles. The van der Waals surface area contributed by atoms with Crippen molar-refractivity contribution in [3.05, 3.63) is 0 Å². The van der Waals surface area contributed by atoms with Crippen molar-refractivity contribution in [2.24, 2.45) is 5.92 Å². The lowest BCUT2D eigenvalue weighted by Gasteiger charge is -2.44. The standard InChI is InChI=1S/C15H29NO/c1-5-6-7-10-14(17)15(16(3)4)11-8-9-13(2)12-15/h13H,5-12H2,1-4H3. The first-order valence-electron chi connectivity index (χ1n) is 7.23. The summed E-state index contributed by atoms with van der Waals surface area (Å²) in [5, 5.41) is 0. The third kappa shape index (κ3) is 3.54. The average molecular weight is 239 g/mol. The van der Waals surface area contributed by atoms with Crippen molar-refractivity contribution in [3.8, 4) is 0 Å². The maximum atomic E-state index is 12.5. The van der Waals surface area contributed by atoms with Crippen molar-refractivity contribution < 1.29 is 4.79 Å². The van der Waals surface area contributed by atoms with Crippen LogP contribution >= 0.6 is 0 Å². The molecule has 0 aromatic heterocycles. The topological polar surface area (TPSA) is 20.3 Å². The minimum atomic E-state index is -0.147. The number of carbonyl (C=O) groups excluding carboxylic acids is 1. The molecular formula is C15H29NO. The maximum Gasteiger partial charge on any atom is 0.153 e. The van der Waals surface area contributed by atoms with Crippen LogP contribution in [-0.2, 0) is 4.79 Å². The number of ketones is 1. The monoisotopic (exact) mass is 239 g/mol. The first kappa shape index (κ1) is 14.7. The van der Waals surface area contributed by atoms with E-state index in [1.165, 1.54) is 25.7 Å². The molecule has 0 spiro atoms. The van der Waals surface area contributed by atoms with E-state index in [4.69, 9.17) is 0 Å². The van der Waals surface area contributed by atoms with Crippen LogP contribution < -0.4 is 0 Å². The van der Waals surface area contributed by atoms with Gasteiger partial charge in [-0.25, -0.2) is 0 Å². The predicted molar refractivity (Wildman–Crippen MR) is 73.2 cm³/mol. The predicted octanol–water partition coefficient (Wildman–Crippen LogP) is 3.65. The van der Waals surface area contributed by atoms with Crippen molar-refractivity contribution in [1.29, 1.82) is 0 Å². The highest BCUT2D eigenvalue weighted by molar-refractivity contribution is 5.88. The Labute approximate surface area is 107 Å². The highest BCUT2D eigenvalue weighted by atomic mass is 16.1. The first-order chi connectivity index (χ1) is 8.03. The molecule has 1 rings (SSSR count). The molecule has 2 heteroatoms. The average Bonchev–Trinajstić information content (AvgIpc) is 2.28. The summed E-state index contributed by atoms with van der Waals surface area (Å²) in [6.07, 6.45) is 8.85. The molecule has 2 unspecified atom stereocenters. The maximum absolute atomic E-state index is 12.5. The SMILES string of the molecule is CCCCCC(=O)C1(N(C)C)CCCC(C)C1. The summed E-state index contributed by atoms with van der Waals surface area (Å²) in [4.78, 5) is 14.7. The molecule has 0 saturated heterocycles. The largest absolute Gasteiger partial charge is 0.298 e. The summed E-state index contributed by atoms with van der Waals surface area (Å²) < 4.78 is 0. The highest BCUT2D eigenvalue weighted by Gasteiger charge is 2.42. The fourth-order valence-corrected chi connectivity index (χ4v) is 3.20. The molecule has 0 heterocycles. The van der Waals surface area contributed by atoms with E-state index in [1.54, 1.807) is 0 Å². The number of hydrogen-bond acceptors (Lipinski definition) is 2. The summed E-state index contributed by atoms with van der Waals surface area (Å²) in [7, 11) is 4.16. The zero-order chi connectivity index (χ0) is 12.9. The quantitative estimate of drug-likeness (QED) is 0.659. The summed E-state index contributed by atoms with van der Waals surface area (Å²) in [6.45, 7) is 4.48. The molecule has 0 aromatic carbocycles. The van der Waals surface area contributed by atoms with Crippen LogP contribution in [-0.4, -0.2) is 30.3 Å². The molecular weight excluding hydrogens is 210 g/mol. The highest BCUT2D eigenvalue weighted by Crippen LogP contribution is 2.37. The van der Waals surface area contributed by atoms with Crippen LogP contribution in [0.4, 0.5) is 0 Å². The van der Waals surface area contributed by atoms with Crippen LogP contribution in [0.15, 0.2) is 0 Å². The van der Waals surface area contributed by atoms with E-state index in [2.05, 4.69) is 32.8 Å². The Morgan fingerprint density at radius 3 is 2.59 bits per heavy atom. The van der Waals surface area contributed by atoms with Gasteiger partial charge in [0, 0.05) is 6.42 Å². The van der Waals surface area contributed by atoms with Gasteiger partial charge < -0.3 is 0 Å². The molecule has 2 nitrogen and oxygen atoms in total. The fourth-order valence-electron chi connectivity index (χ4n) is 3.20. The summed E-state index contributed by atoms with van der Waals surface area (Å²) in [5.74, 6) is 1.18. The van der Waals surface area contributed by atoms with E-state index in [9.17, 15) is 4.79 Å². The number of carbonyl (C=O) groups is 1. The van der Waals surface area contributed by atoms with Crippen molar-refractivity contribution in [2.45, 2.75) is 70.8 Å². The Morgan fingerprint density at radius 1 is 1.35 bits per heavy atom. The van der Waals surface area contributed by atoms with E-state index in [0.29, 0.717) is 11.7 Å². The van der Waals surface area contributed by atoms with Crippen LogP contribution in [0.3, 0.4) is 0 Å². The first-order valence-corrected chi connectivity index (χ1v) is 7.23. The molecule has 0 bridgehead atoms. The second-order valence-electron chi connectivity index (χ2n) is 6.01. The molecule has 2 atom stereocenters. The molecule has 1 aliphatic rings. The van der Waals surface area contributed by atoms with Crippen LogP contribution in [0.5, 0.6) is 0 Å². The molecule has 17 heavy (non-hydrogen) atoms. The van der Waals surface area contributed by atoms with Gasteiger partial charge in [0.2, 0.25) is 0 Å². The van der Waals surface area contributed by atoms with E-state index >= 15 is 0 Å². The molecule has 0 aliphatic heterocycles. The minimum Gasteiger partial charge on any atom is -0.298 e. The number of likely N-dealkylation sites (N-methyl/N-ethyl adjacent to an activating group) is 1. The molecule has 0 radical (unpaired) electrons. The van der Waals surface area contributed by atoms with Crippen LogP contribution in [0.25, 0.3) is 0 Å². The lowest BCUT2D eigenvalue weighted by Crippen LogP contribution is -2.53. The van der Waals surface area contributed by atoms with Gasteiger partial charge in [-0.3, -0.25) is 9.69 Å². The molecule has 1 fully saturated rings. The third-order valence-corrected chi connectivity index (χ3v) is 4.36. The van der Waals surface area contributed by atoms with Gasteiger partial charge in [-0.2, -0.15) is 0 Å². The molecule has 0 N–H and O–H groups in total. The number of Topliss-reactive ketones (excluding diaryl/α,β-unsaturated/α-hetero) is 1. The van der Waals surface area contributed by atoms with Crippen molar-refractivity contribution in [2.75, 3.05) is 14.1 Å². The van der Waals surface area contributed by atoms with E-state index < -0.39 is 0 Å². The van der Waals surface area contributed by atoms with E-state index in [1.807, 2.05) is 0 Å². The van der Waals surface area contributed by atoms with Crippen molar-refractivity contribution >= 4 is 5.78 Å². The Balaban J connectivity index is 2.66. The summed E-state index contributed by atoms with van der Waals surface area (Å²) >= 11 is 0. The van der Waals surface area contributed by atoms with E-state index in [-0.39, 0.29) is 5.54 Å². The van der Waals surface area contributed by atoms with Crippen LogP contribution in [0.2, 0.25) is 0 Å². The van der Waals surface area contributed by atoms with Gasteiger partial charge in [-0.1, -0.05) is 39.5 Å². The zero-order valence-electron chi connectivity index (χ0n) is 12.1. The van der Waals surface area contributed by atoms with Gasteiger partial charge in [0.15, 0.2) is 5.78 Å². The fraction of sp³-hybridized carbons (Fsp3) is 0.933. The number of unbranched alkanes of at least 4 members (excludes halogenated alkanes) is 2. The summed E-state index contributed by atoms with van der Waals surface area (Å²) in [6, 6.07) is 0. The lowest BCUT2D eigenvalue weighted by molar-refractivity contribution is -0.133. The normalized spacial score (nSPS) is 29.6. The minimum absolute atomic E-state index is 0.147. The van der Waals surface area contributed by atoms with Crippen LogP contribution in [0, 0.1) is 5.92 Å². The number of hydrogen-bond donors (Lipinski definition) is 0. The van der Waals surface area contributed by atoms with Crippen molar-refractivity contribution in [1.82, 2.24) is 4.90 Å². The van der Waals surface area contributed by atoms with Gasteiger partial charge in [0.1, 0.15) is 0 Å². The van der Waals surface area contributed by atoms with E-state index in [0.717, 1.165) is 25.7 Å². The Bertz CT molecular complexity index is 249. The second-order valence-corrected chi connectivity index (χ2v) is 6.01. The van der Waals surface area contributed by atoms with Crippen LogP contribution in [0.1, 0.15) is 65.2 Å². The van der Waals surface area contributed by atoms with Gasteiger partial charge in [-0.05, 0) is 39.3 Å². The van der Waals surface area contributed by atoms with Gasteiger partial charge >= 0.3 is 0 Å². The molecule has 100 valence electrons. The second kappa shape index (κ2) is 6.53. The molecule has 1 aliphatic carbocycles. The molecule has 0 aromatic rings. The van der Waals surface area contributed by atoms with Gasteiger partial charge in [0.25, 0.3) is 0 Å². The zero-order valence-corrected chi connectivity index (χ0v) is 12.1. The lowest BCUT2D eigenvalue weighted by atomic mass is 9.72. The number of rotatable bonds is 6. The number of nitrogens with zero attached hydrogens (tertiary/aromatic N) is 1.